The maximum Gasteiger partial charge on any atom is 0.426 e. The van der Waals surface area contributed by atoms with Crippen LogP contribution in [-0.2, 0) is 4.74 Å². The Balaban J connectivity index is 2.72. The molecule has 1 aliphatic heterocycles. The molecular weight excluding hydrogens is 232 g/mol. The summed E-state index contributed by atoms with van der Waals surface area (Å²) in [6.07, 6.45) is 6.13. The van der Waals surface area contributed by atoms with Crippen LogP contribution in [0, 0.1) is 12.3 Å². The number of hydrogen-bond acceptors (Lipinski definition) is 4. The molecule has 0 aliphatic carbocycles. The summed E-state index contributed by atoms with van der Waals surface area (Å²) in [6.45, 7) is 6.53. The van der Waals surface area contributed by atoms with Crippen LogP contribution in [0.3, 0.4) is 0 Å². The van der Waals surface area contributed by atoms with Gasteiger partial charge in [0.05, 0.1) is 13.2 Å². The van der Waals surface area contributed by atoms with Crippen LogP contribution in [0.25, 0.3) is 0 Å². The summed E-state index contributed by atoms with van der Waals surface area (Å²) in [5.74, 6) is 2.50. The van der Waals surface area contributed by atoms with Gasteiger partial charge in [-0.15, -0.1) is 6.42 Å². The molecule has 1 amide bonds. The third-order valence-electron chi connectivity index (χ3n) is 3.07. The van der Waals surface area contributed by atoms with Gasteiger partial charge in [-0.05, 0) is 20.3 Å². The van der Waals surface area contributed by atoms with Gasteiger partial charge in [-0.2, -0.15) is 5.01 Å². The number of terminal acetylenes is 1. The largest absolute Gasteiger partial charge is 0.448 e. The zero-order valence-electron chi connectivity index (χ0n) is 11.3. The maximum atomic E-state index is 11.9. The number of hydrogen-bond donors (Lipinski definition) is 1. The Bertz CT molecular complexity index is 336. The van der Waals surface area contributed by atoms with Gasteiger partial charge in [-0.25, -0.2) is 9.80 Å². The van der Waals surface area contributed by atoms with E-state index in [0.29, 0.717) is 13.0 Å². The van der Waals surface area contributed by atoms with Crippen LogP contribution in [0.4, 0.5) is 4.79 Å². The van der Waals surface area contributed by atoms with Gasteiger partial charge < -0.3 is 9.84 Å². The molecular formula is C13H22N2O3. The molecule has 1 atom stereocenters. The first-order valence-electron chi connectivity index (χ1n) is 6.29. The molecule has 102 valence electrons. The van der Waals surface area contributed by atoms with Gasteiger partial charge in [-0.3, -0.25) is 0 Å². The summed E-state index contributed by atoms with van der Waals surface area (Å²) in [5.41, 5.74) is -0.352. The molecule has 0 aromatic rings. The van der Waals surface area contributed by atoms with Gasteiger partial charge in [0.2, 0.25) is 0 Å². The molecule has 0 aromatic carbocycles. The van der Waals surface area contributed by atoms with Crippen LogP contribution in [0.5, 0.6) is 0 Å². The normalized spacial score (nSPS) is 22.8. The summed E-state index contributed by atoms with van der Waals surface area (Å²) in [6, 6.07) is 0. The Morgan fingerprint density at radius 3 is 2.83 bits per heavy atom. The van der Waals surface area contributed by atoms with Crippen molar-refractivity contribution in [3.63, 3.8) is 0 Å². The van der Waals surface area contributed by atoms with E-state index in [-0.39, 0.29) is 12.1 Å². The standard InChI is InChI=1S/C13H22N2O3/c1-5-7-9-18-12(17)15-11(16)10-13(3,4)14(15)8-6-2/h2,11,16H,5,7-10H2,1,3-4H3. The Kier molecular flexibility index (Phi) is 5.00. The van der Waals surface area contributed by atoms with Crippen molar-refractivity contribution in [2.24, 2.45) is 0 Å². The molecule has 0 aromatic heterocycles. The van der Waals surface area contributed by atoms with Crippen molar-refractivity contribution < 1.29 is 14.6 Å². The molecule has 18 heavy (non-hydrogen) atoms. The highest BCUT2D eigenvalue weighted by Crippen LogP contribution is 2.32. The van der Waals surface area contributed by atoms with Crippen molar-refractivity contribution in [2.45, 2.75) is 51.8 Å². The second-order valence-electron chi connectivity index (χ2n) is 5.07. The van der Waals surface area contributed by atoms with E-state index in [9.17, 15) is 9.90 Å². The zero-order chi connectivity index (χ0) is 13.8. The fraction of sp³-hybridized carbons (Fsp3) is 0.769. The fourth-order valence-corrected chi connectivity index (χ4v) is 2.06. The van der Waals surface area contributed by atoms with E-state index in [1.807, 2.05) is 20.8 Å². The van der Waals surface area contributed by atoms with E-state index < -0.39 is 12.3 Å². The Hall–Kier alpha value is -1.25. The molecule has 0 saturated carbocycles. The van der Waals surface area contributed by atoms with Crippen LogP contribution < -0.4 is 0 Å². The number of rotatable bonds is 4. The number of aliphatic hydroxyl groups is 1. The first-order valence-corrected chi connectivity index (χ1v) is 6.29. The topological polar surface area (TPSA) is 53.0 Å². The monoisotopic (exact) mass is 254 g/mol. The van der Waals surface area contributed by atoms with Crippen molar-refractivity contribution in [3.8, 4) is 12.3 Å². The van der Waals surface area contributed by atoms with Gasteiger partial charge in [0.15, 0.2) is 0 Å². The van der Waals surface area contributed by atoms with Crippen molar-refractivity contribution in [3.05, 3.63) is 0 Å². The highest BCUT2D eigenvalue weighted by molar-refractivity contribution is 5.67. The number of unbranched alkanes of at least 4 members (excludes halogenated alkanes) is 1. The molecule has 1 rings (SSSR count). The van der Waals surface area contributed by atoms with Crippen LogP contribution in [0.15, 0.2) is 0 Å². The molecule has 1 N–H and O–H groups in total. The summed E-state index contributed by atoms with van der Waals surface area (Å²) in [7, 11) is 0. The average molecular weight is 254 g/mol. The lowest BCUT2D eigenvalue weighted by Crippen LogP contribution is -2.51. The fourth-order valence-electron chi connectivity index (χ4n) is 2.06. The summed E-state index contributed by atoms with van der Waals surface area (Å²) < 4.78 is 5.12. The molecule has 5 nitrogen and oxygen atoms in total. The molecule has 1 unspecified atom stereocenters. The van der Waals surface area contributed by atoms with Crippen molar-refractivity contribution in [1.82, 2.24) is 10.0 Å². The lowest BCUT2D eigenvalue weighted by Gasteiger charge is -2.34. The quantitative estimate of drug-likeness (QED) is 0.611. The number of amides is 1. The Labute approximate surface area is 109 Å². The number of carbonyl (C=O) groups is 1. The summed E-state index contributed by atoms with van der Waals surface area (Å²) >= 11 is 0. The number of ether oxygens (including phenoxy) is 1. The lowest BCUT2D eigenvalue weighted by atomic mass is 10.0. The Morgan fingerprint density at radius 1 is 1.61 bits per heavy atom. The van der Waals surface area contributed by atoms with E-state index in [2.05, 4.69) is 5.92 Å². The second kappa shape index (κ2) is 6.07. The van der Waals surface area contributed by atoms with Gasteiger partial charge in [0.1, 0.15) is 6.23 Å². The summed E-state index contributed by atoms with van der Waals surface area (Å²) in [4.78, 5) is 11.9. The Morgan fingerprint density at radius 2 is 2.28 bits per heavy atom. The van der Waals surface area contributed by atoms with Crippen molar-refractivity contribution in [1.29, 1.82) is 0 Å². The molecule has 0 radical (unpaired) electrons. The minimum atomic E-state index is -0.873. The smallest absolute Gasteiger partial charge is 0.426 e. The van der Waals surface area contributed by atoms with E-state index in [0.717, 1.165) is 12.8 Å². The van der Waals surface area contributed by atoms with Gasteiger partial charge in [-0.1, -0.05) is 19.3 Å². The van der Waals surface area contributed by atoms with Gasteiger partial charge in [0, 0.05) is 12.0 Å². The first-order chi connectivity index (χ1) is 8.44. The van der Waals surface area contributed by atoms with Crippen LogP contribution in [0.2, 0.25) is 0 Å². The third-order valence-corrected chi connectivity index (χ3v) is 3.07. The highest BCUT2D eigenvalue weighted by atomic mass is 16.6. The highest BCUT2D eigenvalue weighted by Gasteiger charge is 2.46. The molecule has 0 spiro atoms. The second-order valence-corrected chi connectivity index (χ2v) is 5.07. The third kappa shape index (κ3) is 3.15. The van der Waals surface area contributed by atoms with Crippen LogP contribution in [0.1, 0.15) is 40.0 Å². The molecule has 1 aliphatic rings. The summed E-state index contributed by atoms with van der Waals surface area (Å²) in [5, 5.41) is 12.9. The van der Waals surface area contributed by atoms with E-state index in [4.69, 9.17) is 11.2 Å². The van der Waals surface area contributed by atoms with E-state index >= 15 is 0 Å². The minimum absolute atomic E-state index is 0.271. The molecule has 5 heteroatoms. The predicted molar refractivity (Wildman–Crippen MR) is 68.3 cm³/mol. The van der Waals surface area contributed by atoms with Crippen molar-refractivity contribution in [2.75, 3.05) is 13.2 Å². The van der Waals surface area contributed by atoms with Crippen LogP contribution in [-0.4, -0.2) is 46.1 Å². The number of hydrazine groups is 1. The molecule has 1 saturated heterocycles. The lowest BCUT2D eigenvalue weighted by molar-refractivity contribution is -0.0823. The number of nitrogens with zero attached hydrogens (tertiary/aromatic N) is 2. The number of aliphatic hydroxyl groups excluding tert-OH is 1. The van der Waals surface area contributed by atoms with E-state index in [1.165, 1.54) is 5.01 Å². The number of carbonyl (C=O) groups excluding carboxylic acids is 1. The molecule has 1 fully saturated rings. The minimum Gasteiger partial charge on any atom is -0.448 e. The van der Waals surface area contributed by atoms with E-state index in [1.54, 1.807) is 5.01 Å². The first kappa shape index (κ1) is 14.8. The van der Waals surface area contributed by atoms with Gasteiger partial charge >= 0.3 is 6.09 Å². The predicted octanol–water partition coefficient (Wildman–Crippen LogP) is 1.58. The maximum absolute atomic E-state index is 11.9. The van der Waals surface area contributed by atoms with Gasteiger partial charge in [0.25, 0.3) is 0 Å². The molecule has 0 bridgehead atoms. The average Bonchev–Trinajstić information content (AvgIpc) is 2.49. The molecule has 1 heterocycles. The zero-order valence-corrected chi connectivity index (χ0v) is 11.3. The van der Waals surface area contributed by atoms with Crippen molar-refractivity contribution >= 4 is 6.09 Å². The SMILES string of the molecule is C#CCN1N(C(=O)OCCCC)C(O)CC1(C)C. The van der Waals surface area contributed by atoms with Crippen LogP contribution >= 0.6 is 0 Å².